The van der Waals surface area contributed by atoms with E-state index in [0.29, 0.717) is 28.7 Å². The third-order valence-corrected chi connectivity index (χ3v) is 13.5. The number of aryl methyl sites for hydroxylation is 1. The highest BCUT2D eigenvalue weighted by molar-refractivity contribution is 8.58. The SMILES string of the molecule is Cc1ccc2nc(N3CCC(F)(F)c4ccccc4C3)nc(NCS3(N)CS(O)(O)C3)c2c1. The quantitative estimate of drug-likeness (QED) is 0.396. The van der Waals surface area contributed by atoms with Crippen molar-refractivity contribution >= 4 is 43.5 Å². The van der Waals surface area contributed by atoms with Crippen molar-refractivity contribution in [3.05, 3.63) is 59.2 Å². The van der Waals surface area contributed by atoms with E-state index in [9.17, 15) is 17.9 Å². The summed E-state index contributed by atoms with van der Waals surface area (Å²) in [6.07, 6.45) is -0.323. The van der Waals surface area contributed by atoms with Gasteiger partial charge in [0.2, 0.25) is 5.95 Å². The second kappa shape index (κ2) is 7.95. The van der Waals surface area contributed by atoms with Crippen molar-refractivity contribution < 1.29 is 17.9 Å². The van der Waals surface area contributed by atoms with E-state index in [1.807, 2.05) is 25.1 Å². The van der Waals surface area contributed by atoms with Crippen LogP contribution in [0, 0.1) is 6.92 Å². The highest BCUT2D eigenvalue weighted by Crippen LogP contribution is 2.70. The molecule has 2 aliphatic rings. The number of anilines is 2. The van der Waals surface area contributed by atoms with Gasteiger partial charge in [0.25, 0.3) is 5.92 Å². The summed E-state index contributed by atoms with van der Waals surface area (Å²) in [5.41, 5.74) is 2.36. The van der Waals surface area contributed by atoms with Gasteiger partial charge in [0.15, 0.2) is 0 Å². The molecule has 1 fully saturated rings. The summed E-state index contributed by atoms with van der Waals surface area (Å²) in [7, 11) is -4.22. The number of nitrogens with one attached hydrogen (secondary N) is 1. The molecule has 2 aliphatic heterocycles. The number of halogens is 2. The number of aromatic nitrogens is 2. The molecule has 5 N–H and O–H groups in total. The van der Waals surface area contributed by atoms with Gasteiger partial charge in [-0.3, -0.25) is 14.2 Å². The largest absolute Gasteiger partial charge is 0.361 e. The lowest BCUT2D eigenvalue weighted by Crippen LogP contribution is -2.39. The molecule has 1 aromatic heterocycles. The fourth-order valence-electron chi connectivity index (χ4n) is 4.40. The average molecular weight is 496 g/mol. The fourth-order valence-corrected chi connectivity index (χ4v) is 11.2. The molecule has 0 bridgehead atoms. The molecular formula is C22H27F2N5O2S2. The van der Waals surface area contributed by atoms with Gasteiger partial charge < -0.3 is 10.2 Å². The second-order valence-corrected chi connectivity index (χ2v) is 14.9. The van der Waals surface area contributed by atoms with Gasteiger partial charge in [-0.2, -0.15) is 15.6 Å². The van der Waals surface area contributed by atoms with Crippen LogP contribution in [0.2, 0.25) is 0 Å². The molecule has 7 nitrogen and oxygen atoms in total. The van der Waals surface area contributed by atoms with Crippen LogP contribution in [0.3, 0.4) is 0 Å². The van der Waals surface area contributed by atoms with Gasteiger partial charge in [-0.1, -0.05) is 35.9 Å². The first kappa shape index (κ1) is 22.6. The third-order valence-electron chi connectivity index (χ3n) is 5.96. The molecule has 0 saturated carbocycles. The number of nitrogens with two attached hydrogens (primary N) is 1. The Labute approximate surface area is 194 Å². The van der Waals surface area contributed by atoms with Crippen molar-refractivity contribution in [2.75, 3.05) is 32.8 Å². The molecule has 178 valence electrons. The van der Waals surface area contributed by atoms with Crippen molar-refractivity contribution in [3.63, 3.8) is 0 Å². The highest BCUT2D eigenvalue weighted by atomic mass is 32.4. The monoisotopic (exact) mass is 495 g/mol. The minimum absolute atomic E-state index is 0.0555. The summed E-state index contributed by atoms with van der Waals surface area (Å²) in [6, 6.07) is 12.4. The summed E-state index contributed by atoms with van der Waals surface area (Å²) >= 11 is 0. The van der Waals surface area contributed by atoms with Crippen LogP contribution < -0.4 is 15.4 Å². The zero-order valence-electron chi connectivity index (χ0n) is 18.2. The van der Waals surface area contributed by atoms with E-state index < -0.39 is 26.7 Å². The number of benzene rings is 2. The summed E-state index contributed by atoms with van der Waals surface area (Å²) in [5, 5.41) is 10.9. The van der Waals surface area contributed by atoms with E-state index in [1.54, 1.807) is 23.1 Å². The average Bonchev–Trinajstić information content (AvgIpc) is 2.87. The van der Waals surface area contributed by atoms with Crippen molar-refractivity contribution in [2.24, 2.45) is 5.14 Å². The standard InChI is InChI=1S/C22H27F2N5O2S2/c1-15-6-7-19-17(10-15)20(26-12-32(25)13-33(30,31)14-32)28-21(27-19)29-9-8-22(23,24)18-5-3-2-4-16(18)11-29/h2-7,10,30-31H,8-9,11-14,25H2,1H3,(H,26,27,28). The number of hydrogen-bond donors (Lipinski definition) is 4. The first-order chi connectivity index (χ1) is 15.5. The van der Waals surface area contributed by atoms with Crippen LogP contribution in [0.1, 0.15) is 23.1 Å². The molecular weight excluding hydrogens is 468 g/mol. The summed E-state index contributed by atoms with van der Waals surface area (Å²) in [5.74, 6) is -1.57. The van der Waals surface area contributed by atoms with Crippen LogP contribution in [0.15, 0.2) is 42.5 Å². The minimum Gasteiger partial charge on any atom is -0.361 e. The van der Waals surface area contributed by atoms with Crippen LogP contribution >= 0.6 is 20.8 Å². The van der Waals surface area contributed by atoms with E-state index in [1.165, 1.54) is 6.07 Å². The molecule has 3 aromatic rings. The zero-order chi connectivity index (χ0) is 23.4. The maximum absolute atomic E-state index is 14.8. The molecule has 0 spiro atoms. The molecule has 33 heavy (non-hydrogen) atoms. The minimum atomic E-state index is -2.91. The Hall–Kier alpha value is -2.18. The fraction of sp³-hybridized carbons (Fsp3) is 0.364. The summed E-state index contributed by atoms with van der Waals surface area (Å²) < 4.78 is 49.1. The Morgan fingerprint density at radius 2 is 1.91 bits per heavy atom. The van der Waals surface area contributed by atoms with Gasteiger partial charge in [-0.25, -0.2) is 13.8 Å². The molecule has 0 radical (unpaired) electrons. The Morgan fingerprint density at radius 1 is 1.15 bits per heavy atom. The predicted molar refractivity (Wildman–Crippen MR) is 133 cm³/mol. The maximum atomic E-state index is 14.8. The van der Waals surface area contributed by atoms with Crippen molar-refractivity contribution in [1.82, 2.24) is 9.97 Å². The Kier molecular flexibility index (Phi) is 5.44. The van der Waals surface area contributed by atoms with Gasteiger partial charge in [-0.15, -0.1) is 10.2 Å². The molecule has 0 aliphatic carbocycles. The zero-order valence-corrected chi connectivity index (χ0v) is 19.8. The number of nitrogens with zero attached hydrogens (tertiary/aromatic N) is 3. The topological polar surface area (TPSA) is 108 Å². The third kappa shape index (κ3) is 4.47. The number of fused-ring (bicyclic) bond motifs is 2. The second-order valence-electron chi connectivity index (χ2n) is 8.90. The number of alkyl halides is 2. The molecule has 0 atom stereocenters. The smallest absolute Gasteiger partial charge is 0.275 e. The Bertz CT molecular complexity index is 1220. The molecule has 0 unspecified atom stereocenters. The predicted octanol–water partition coefficient (Wildman–Crippen LogP) is 5.17. The highest BCUT2D eigenvalue weighted by Gasteiger charge is 2.41. The van der Waals surface area contributed by atoms with E-state index in [2.05, 4.69) is 5.32 Å². The van der Waals surface area contributed by atoms with Gasteiger partial charge >= 0.3 is 0 Å². The van der Waals surface area contributed by atoms with Crippen LogP contribution in [-0.2, 0) is 12.5 Å². The number of hydrogen-bond acceptors (Lipinski definition) is 7. The summed E-state index contributed by atoms with van der Waals surface area (Å²) in [6.45, 7) is 2.38. The molecule has 3 heterocycles. The van der Waals surface area contributed by atoms with Gasteiger partial charge in [0.1, 0.15) is 5.82 Å². The lowest BCUT2D eigenvalue weighted by Gasteiger charge is -2.57. The summed E-state index contributed by atoms with van der Waals surface area (Å²) in [4.78, 5) is 11.2. The normalized spacial score (nSPS) is 22.5. The molecule has 1 saturated heterocycles. The lowest BCUT2D eigenvalue weighted by atomic mass is 10.0. The van der Waals surface area contributed by atoms with Crippen LogP contribution in [0.4, 0.5) is 20.5 Å². The van der Waals surface area contributed by atoms with Crippen LogP contribution in [0.5, 0.6) is 0 Å². The molecule has 11 heteroatoms. The lowest BCUT2D eigenvalue weighted by molar-refractivity contribution is -0.00969. The molecule has 5 rings (SSSR count). The van der Waals surface area contributed by atoms with E-state index in [4.69, 9.17) is 15.1 Å². The maximum Gasteiger partial charge on any atom is 0.275 e. The number of rotatable bonds is 4. The van der Waals surface area contributed by atoms with Gasteiger partial charge in [-0.05, 0) is 24.6 Å². The Balaban J connectivity index is 1.50. The van der Waals surface area contributed by atoms with E-state index in [-0.39, 0.29) is 35.2 Å². The van der Waals surface area contributed by atoms with E-state index >= 15 is 0 Å². The van der Waals surface area contributed by atoms with Crippen molar-refractivity contribution in [3.8, 4) is 0 Å². The molecule has 0 amide bonds. The van der Waals surface area contributed by atoms with Gasteiger partial charge in [0, 0.05) is 30.5 Å². The first-order valence-electron chi connectivity index (χ1n) is 10.5. The van der Waals surface area contributed by atoms with E-state index in [0.717, 1.165) is 10.9 Å². The Morgan fingerprint density at radius 3 is 2.67 bits per heavy atom. The van der Waals surface area contributed by atoms with Gasteiger partial charge in [0.05, 0.1) is 21.6 Å². The molecule has 2 aromatic carbocycles. The van der Waals surface area contributed by atoms with Crippen LogP contribution in [0.25, 0.3) is 10.9 Å². The van der Waals surface area contributed by atoms with Crippen molar-refractivity contribution in [1.29, 1.82) is 0 Å². The van der Waals surface area contributed by atoms with Crippen LogP contribution in [-0.4, -0.2) is 41.7 Å². The van der Waals surface area contributed by atoms with Crippen molar-refractivity contribution in [2.45, 2.75) is 25.8 Å². The first-order valence-corrected chi connectivity index (χ1v) is 14.6.